The van der Waals surface area contributed by atoms with Crippen LogP contribution in [0.5, 0.6) is 5.75 Å². The zero-order valence-electron chi connectivity index (χ0n) is 22.8. The van der Waals surface area contributed by atoms with E-state index in [0.29, 0.717) is 53.3 Å². The highest BCUT2D eigenvalue weighted by molar-refractivity contribution is 6.16. The first-order chi connectivity index (χ1) is 18.1. The smallest absolute Gasteiger partial charge is 0.153 e. The van der Waals surface area contributed by atoms with Crippen LogP contribution in [0.1, 0.15) is 37.0 Å². The number of hydrogen-bond acceptors (Lipinski definition) is 6. The predicted molar refractivity (Wildman–Crippen MR) is 158 cm³/mol. The van der Waals surface area contributed by atoms with Crippen molar-refractivity contribution in [2.75, 3.05) is 46.1 Å². The summed E-state index contributed by atoms with van der Waals surface area (Å²) in [5.74, 6) is 1.69. The third-order valence-corrected chi connectivity index (χ3v) is 6.99. The van der Waals surface area contributed by atoms with Gasteiger partial charge in [0.05, 0.1) is 11.8 Å². The van der Waals surface area contributed by atoms with Crippen molar-refractivity contribution in [1.82, 2.24) is 9.80 Å². The highest BCUT2D eigenvalue weighted by atomic mass is 16.5. The van der Waals surface area contributed by atoms with Gasteiger partial charge in [0.25, 0.3) is 0 Å². The Morgan fingerprint density at radius 2 is 1.71 bits per heavy atom. The first-order valence-corrected chi connectivity index (χ1v) is 13.1. The van der Waals surface area contributed by atoms with E-state index in [1.54, 1.807) is 18.2 Å². The lowest BCUT2D eigenvalue weighted by molar-refractivity contribution is 0.0782. The zero-order chi connectivity index (χ0) is 27.4. The van der Waals surface area contributed by atoms with Gasteiger partial charge in [0.15, 0.2) is 5.84 Å². The van der Waals surface area contributed by atoms with Crippen molar-refractivity contribution in [1.29, 1.82) is 10.8 Å². The molecule has 1 unspecified atom stereocenters. The van der Waals surface area contributed by atoms with Crippen LogP contribution in [-0.4, -0.2) is 73.6 Å². The van der Waals surface area contributed by atoms with Gasteiger partial charge < -0.3 is 21.1 Å². The number of nitrogens with zero attached hydrogens (tertiary/aromatic N) is 3. The number of rotatable bonds is 8. The largest absolute Gasteiger partial charge is 0.492 e. The van der Waals surface area contributed by atoms with Gasteiger partial charge in [0.2, 0.25) is 0 Å². The van der Waals surface area contributed by atoms with Gasteiger partial charge in [0, 0.05) is 48.4 Å². The van der Waals surface area contributed by atoms with Gasteiger partial charge in [-0.2, -0.15) is 0 Å². The molecule has 0 bridgehead atoms. The lowest BCUT2D eigenvalue weighted by atomic mass is 9.96. The molecule has 0 aromatic heterocycles. The highest BCUT2D eigenvalue weighted by Crippen LogP contribution is 2.25. The number of ether oxygens (including phenoxy) is 1. The molecule has 0 spiro atoms. The normalized spacial score (nSPS) is 17.2. The summed E-state index contributed by atoms with van der Waals surface area (Å²) >= 11 is 0. The van der Waals surface area contributed by atoms with Crippen molar-refractivity contribution in [2.24, 2.45) is 16.6 Å². The Morgan fingerprint density at radius 1 is 1.00 bits per heavy atom. The maximum atomic E-state index is 8.87. The van der Waals surface area contributed by atoms with Gasteiger partial charge in [-0.3, -0.25) is 15.7 Å². The van der Waals surface area contributed by atoms with Crippen molar-refractivity contribution >= 4 is 33.8 Å². The molecule has 8 nitrogen and oxygen atoms in total. The average molecular weight is 514 g/mol. The van der Waals surface area contributed by atoms with Crippen molar-refractivity contribution in [2.45, 2.75) is 26.3 Å². The monoisotopic (exact) mass is 513 g/mol. The van der Waals surface area contributed by atoms with E-state index in [1.807, 2.05) is 36.4 Å². The second-order valence-electron chi connectivity index (χ2n) is 10.7. The summed E-state index contributed by atoms with van der Waals surface area (Å²) in [5, 5.41) is 19.3. The molecular formula is C30H39N7O. The van der Waals surface area contributed by atoms with Crippen LogP contribution < -0.4 is 16.2 Å². The van der Waals surface area contributed by atoms with Crippen molar-refractivity contribution in [3.8, 4) is 5.75 Å². The van der Waals surface area contributed by atoms with Crippen molar-refractivity contribution < 1.29 is 4.74 Å². The number of fused-ring (bicyclic) bond motifs is 1. The van der Waals surface area contributed by atoms with Crippen LogP contribution in [0.2, 0.25) is 0 Å². The number of aliphatic imine (C=N–C) groups is 1. The number of likely N-dealkylation sites (N-methyl/N-ethyl adjacent to an activating group) is 2. The minimum Gasteiger partial charge on any atom is -0.492 e. The number of piperazine rings is 1. The highest BCUT2D eigenvalue weighted by Gasteiger charge is 2.22. The molecule has 6 N–H and O–H groups in total. The maximum absolute atomic E-state index is 8.87. The summed E-state index contributed by atoms with van der Waals surface area (Å²) < 4.78 is 6.15. The van der Waals surface area contributed by atoms with Gasteiger partial charge >= 0.3 is 0 Å². The van der Waals surface area contributed by atoms with E-state index in [9.17, 15) is 0 Å². The maximum Gasteiger partial charge on any atom is 0.153 e. The number of anilines is 1. The summed E-state index contributed by atoms with van der Waals surface area (Å²) in [6, 6.07) is 17.5. The van der Waals surface area contributed by atoms with Gasteiger partial charge in [-0.1, -0.05) is 32.0 Å². The van der Waals surface area contributed by atoms with Crippen LogP contribution in [0, 0.1) is 16.7 Å². The Hall–Kier alpha value is -3.75. The standard InChI is InChI=1S/C30H39N7O/c1-19(2)13-28(32)35-30(34)23-8-10-27(31)26(16-23)29(33)22-6-5-21-15-25(9-7-20(21)14-22)38-18-24-17-36(3)11-12-37(24)4/h5-10,14-16,19,24,33H,11-13,17-18,31H2,1-4H3,(H3,32,34,35). The van der Waals surface area contributed by atoms with Crippen LogP contribution in [0.25, 0.3) is 10.8 Å². The van der Waals surface area contributed by atoms with E-state index >= 15 is 0 Å². The molecule has 200 valence electrons. The predicted octanol–water partition coefficient (Wildman–Crippen LogP) is 4.19. The molecular weight excluding hydrogens is 474 g/mol. The van der Waals surface area contributed by atoms with E-state index < -0.39 is 0 Å². The lowest BCUT2D eigenvalue weighted by Gasteiger charge is -2.37. The number of amidine groups is 2. The minimum atomic E-state index is 0.0642. The molecule has 1 aliphatic heterocycles. The fourth-order valence-electron chi connectivity index (χ4n) is 4.69. The molecule has 1 saturated heterocycles. The van der Waals surface area contributed by atoms with Crippen molar-refractivity contribution in [3.05, 3.63) is 71.3 Å². The molecule has 38 heavy (non-hydrogen) atoms. The van der Waals surface area contributed by atoms with Gasteiger partial charge in [0.1, 0.15) is 18.2 Å². The quantitative estimate of drug-likeness (QED) is 0.204. The van der Waals surface area contributed by atoms with Crippen LogP contribution in [-0.2, 0) is 0 Å². The van der Waals surface area contributed by atoms with E-state index in [-0.39, 0.29) is 5.84 Å². The topological polar surface area (TPSA) is 128 Å². The first-order valence-electron chi connectivity index (χ1n) is 13.1. The second-order valence-corrected chi connectivity index (χ2v) is 10.7. The number of nitrogens with one attached hydrogen (secondary N) is 2. The summed E-state index contributed by atoms with van der Waals surface area (Å²) in [5.41, 5.74) is 14.9. The van der Waals surface area contributed by atoms with Crippen LogP contribution in [0.3, 0.4) is 0 Å². The summed E-state index contributed by atoms with van der Waals surface area (Å²) in [4.78, 5) is 8.94. The Balaban J connectivity index is 1.50. The van der Waals surface area contributed by atoms with Crippen molar-refractivity contribution in [3.63, 3.8) is 0 Å². The van der Waals surface area contributed by atoms with Crippen LogP contribution in [0.4, 0.5) is 5.69 Å². The molecule has 4 rings (SSSR count). The van der Waals surface area contributed by atoms with Crippen LogP contribution in [0.15, 0.2) is 59.6 Å². The molecule has 3 aromatic rings. The summed E-state index contributed by atoms with van der Waals surface area (Å²) in [6.07, 6.45) is 0.624. The Morgan fingerprint density at radius 3 is 2.47 bits per heavy atom. The van der Waals surface area contributed by atoms with Gasteiger partial charge in [-0.25, -0.2) is 4.99 Å². The molecule has 1 aliphatic rings. The Kier molecular flexibility index (Phi) is 8.44. The molecule has 1 atom stereocenters. The summed E-state index contributed by atoms with van der Waals surface area (Å²) in [7, 11) is 4.30. The number of benzene rings is 3. The molecule has 0 radical (unpaired) electrons. The van der Waals surface area contributed by atoms with E-state index in [1.165, 1.54) is 0 Å². The lowest BCUT2D eigenvalue weighted by Crippen LogP contribution is -2.52. The fourth-order valence-corrected chi connectivity index (χ4v) is 4.69. The third kappa shape index (κ3) is 6.57. The van der Waals surface area contributed by atoms with E-state index in [4.69, 9.17) is 27.0 Å². The number of hydrogen-bond donors (Lipinski definition) is 4. The Bertz CT molecular complexity index is 1360. The molecule has 0 aliphatic carbocycles. The van der Waals surface area contributed by atoms with Gasteiger partial charge in [-0.15, -0.1) is 0 Å². The molecule has 1 heterocycles. The molecule has 3 aromatic carbocycles. The second kappa shape index (κ2) is 11.8. The SMILES string of the molecule is CC(C)CC(N)=NC(=N)c1ccc(N)c(C(=N)c2ccc3cc(OCC4CN(C)CCN4C)ccc3c2)c1. The molecule has 8 heteroatoms. The molecule has 0 saturated carbocycles. The summed E-state index contributed by atoms with van der Waals surface area (Å²) in [6.45, 7) is 7.89. The number of nitrogens with two attached hydrogens (primary N) is 2. The zero-order valence-corrected chi connectivity index (χ0v) is 22.8. The van der Waals surface area contributed by atoms with Crippen LogP contribution >= 0.6 is 0 Å². The molecule has 0 amide bonds. The third-order valence-electron chi connectivity index (χ3n) is 6.99. The van der Waals surface area contributed by atoms with E-state index in [2.05, 4.69) is 42.7 Å². The number of nitrogen functional groups attached to an aromatic ring is 1. The minimum absolute atomic E-state index is 0.0642. The fraction of sp³-hybridized carbons (Fsp3) is 0.367. The van der Waals surface area contributed by atoms with Gasteiger partial charge in [-0.05, 0) is 67.2 Å². The van der Waals surface area contributed by atoms with E-state index in [0.717, 1.165) is 41.7 Å². The molecule has 1 fully saturated rings. The Labute approximate surface area is 225 Å². The average Bonchev–Trinajstić information content (AvgIpc) is 2.88. The first kappa shape index (κ1) is 27.3.